The maximum absolute atomic E-state index is 14.3. The second-order valence-electron chi connectivity index (χ2n) is 13.8. The number of amides is 1. The summed E-state index contributed by atoms with van der Waals surface area (Å²) in [5, 5.41) is 10.7. The van der Waals surface area contributed by atoms with Gasteiger partial charge in [0.15, 0.2) is 5.65 Å². The molecule has 13 heteroatoms. The number of nitriles is 1. The SMILES string of the molecule is CC(C)(C)OC(=O)N1CCC(Oc2ccc(-c3ncnc4c3cc(-c3ccc(N5CCOCC5)cc3)n4S(=O)(=O)c3ccccc3)cc2C#N)CC1. The fraction of sp³-hybridized carbons (Fsp3) is 0.333. The number of benzene rings is 3. The topological polar surface area (TPSA) is 140 Å². The number of carbonyl (C=O) groups is 1. The zero-order valence-corrected chi connectivity index (χ0v) is 30.2. The molecule has 3 aromatic carbocycles. The summed E-state index contributed by atoms with van der Waals surface area (Å²) < 4.78 is 47.2. The van der Waals surface area contributed by atoms with E-state index < -0.39 is 15.6 Å². The van der Waals surface area contributed by atoms with E-state index in [-0.39, 0.29) is 22.7 Å². The molecular formula is C39H40N6O6S. The monoisotopic (exact) mass is 720 g/mol. The summed E-state index contributed by atoms with van der Waals surface area (Å²) in [4.78, 5) is 25.6. The van der Waals surface area contributed by atoms with Crippen molar-refractivity contribution >= 4 is 32.8 Å². The summed E-state index contributed by atoms with van der Waals surface area (Å²) in [6.45, 7) is 9.36. The highest BCUT2D eigenvalue weighted by atomic mass is 32.2. The first-order valence-corrected chi connectivity index (χ1v) is 18.8. The third-order valence-electron chi connectivity index (χ3n) is 9.14. The van der Waals surface area contributed by atoms with E-state index in [4.69, 9.17) is 14.2 Å². The van der Waals surface area contributed by atoms with Crippen LogP contribution in [0.15, 0.2) is 90.1 Å². The van der Waals surface area contributed by atoms with Crippen molar-refractivity contribution in [2.45, 2.75) is 50.2 Å². The van der Waals surface area contributed by atoms with E-state index in [0.29, 0.717) is 78.4 Å². The predicted octanol–water partition coefficient (Wildman–Crippen LogP) is 6.49. The lowest BCUT2D eigenvalue weighted by Gasteiger charge is -2.33. The number of aromatic nitrogens is 3. The number of hydrogen-bond acceptors (Lipinski definition) is 10. The van der Waals surface area contributed by atoms with Gasteiger partial charge in [-0.15, -0.1) is 0 Å². The number of carbonyl (C=O) groups excluding carboxylic acids is 1. The molecule has 4 heterocycles. The van der Waals surface area contributed by atoms with Crippen LogP contribution in [-0.2, 0) is 19.5 Å². The van der Waals surface area contributed by atoms with Crippen molar-refractivity contribution in [3.05, 3.63) is 90.8 Å². The molecule has 5 aromatic rings. The fourth-order valence-corrected chi connectivity index (χ4v) is 8.06. The van der Waals surface area contributed by atoms with Gasteiger partial charge in [-0.3, -0.25) is 0 Å². The van der Waals surface area contributed by atoms with Crippen LogP contribution in [0.5, 0.6) is 5.75 Å². The van der Waals surface area contributed by atoms with Gasteiger partial charge >= 0.3 is 6.09 Å². The Labute approximate surface area is 303 Å². The van der Waals surface area contributed by atoms with Crippen molar-refractivity contribution in [1.29, 1.82) is 5.26 Å². The molecule has 0 saturated carbocycles. The first kappa shape index (κ1) is 35.0. The van der Waals surface area contributed by atoms with E-state index in [0.717, 1.165) is 18.8 Å². The van der Waals surface area contributed by atoms with E-state index in [9.17, 15) is 18.5 Å². The molecule has 2 aliphatic rings. The Morgan fingerprint density at radius 3 is 2.27 bits per heavy atom. The first-order chi connectivity index (χ1) is 25.0. The highest BCUT2D eigenvalue weighted by Crippen LogP contribution is 2.37. The van der Waals surface area contributed by atoms with Gasteiger partial charge in [-0.1, -0.05) is 30.3 Å². The second kappa shape index (κ2) is 14.3. The largest absolute Gasteiger partial charge is 0.489 e. The summed E-state index contributed by atoms with van der Waals surface area (Å²) in [6.07, 6.45) is 2.00. The van der Waals surface area contributed by atoms with Gasteiger partial charge in [-0.25, -0.2) is 27.2 Å². The highest BCUT2D eigenvalue weighted by molar-refractivity contribution is 7.90. The van der Waals surface area contributed by atoms with E-state index in [1.807, 2.05) is 51.1 Å². The molecule has 268 valence electrons. The van der Waals surface area contributed by atoms with Crippen LogP contribution in [0.3, 0.4) is 0 Å². The van der Waals surface area contributed by atoms with Gasteiger partial charge in [-0.2, -0.15) is 5.26 Å². The lowest BCUT2D eigenvalue weighted by Crippen LogP contribution is -2.44. The number of anilines is 1. The van der Waals surface area contributed by atoms with Gasteiger partial charge in [0.2, 0.25) is 0 Å². The predicted molar refractivity (Wildman–Crippen MR) is 197 cm³/mol. The molecule has 0 unspecified atom stereocenters. The zero-order chi connectivity index (χ0) is 36.5. The smallest absolute Gasteiger partial charge is 0.410 e. The molecule has 52 heavy (non-hydrogen) atoms. The molecule has 0 spiro atoms. The van der Waals surface area contributed by atoms with Crippen LogP contribution in [-0.4, -0.2) is 84.4 Å². The molecule has 0 radical (unpaired) electrons. The Morgan fingerprint density at radius 2 is 1.60 bits per heavy atom. The Bertz CT molecular complexity index is 2230. The minimum absolute atomic E-state index is 0.129. The number of likely N-dealkylation sites (tertiary alicyclic amines) is 1. The quantitative estimate of drug-likeness (QED) is 0.183. The van der Waals surface area contributed by atoms with Crippen molar-refractivity contribution in [2.24, 2.45) is 0 Å². The Hall–Kier alpha value is -5.45. The summed E-state index contributed by atoms with van der Waals surface area (Å²) in [5.41, 5.74) is 3.21. The van der Waals surface area contributed by atoms with Gasteiger partial charge in [0.05, 0.1) is 35.1 Å². The number of rotatable bonds is 7. The van der Waals surface area contributed by atoms with Crippen LogP contribution in [0.2, 0.25) is 0 Å². The van der Waals surface area contributed by atoms with Gasteiger partial charge in [0.25, 0.3) is 10.0 Å². The second-order valence-corrected chi connectivity index (χ2v) is 15.6. The summed E-state index contributed by atoms with van der Waals surface area (Å²) >= 11 is 0. The molecule has 0 aliphatic carbocycles. The van der Waals surface area contributed by atoms with Crippen LogP contribution in [0.1, 0.15) is 39.2 Å². The van der Waals surface area contributed by atoms with E-state index in [1.54, 1.807) is 53.4 Å². The van der Waals surface area contributed by atoms with Crippen LogP contribution in [0.25, 0.3) is 33.5 Å². The van der Waals surface area contributed by atoms with Gasteiger partial charge in [0, 0.05) is 55.7 Å². The molecule has 2 aromatic heterocycles. The third kappa shape index (κ3) is 7.17. The molecule has 0 atom stereocenters. The number of morpholine rings is 1. The maximum atomic E-state index is 14.3. The molecule has 7 rings (SSSR count). The van der Waals surface area contributed by atoms with Crippen molar-refractivity contribution in [1.82, 2.24) is 18.8 Å². The first-order valence-electron chi connectivity index (χ1n) is 17.3. The summed E-state index contributed by atoms with van der Waals surface area (Å²) in [6, 6.07) is 25.4. The molecule has 2 saturated heterocycles. The molecule has 2 aliphatic heterocycles. The molecule has 0 bridgehead atoms. The number of hydrogen-bond donors (Lipinski definition) is 0. The lowest BCUT2D eigenvalue weighted by molar-refractivity contribution is 0.0126. The van der Waals surface area contributed by atoms with Crippen LogP contribution in [0, 0.1) is 11.3 Å². The minimum atomic E-state index is -4.09. The normalized spacial score (nSPS) is 15.7. The molecule has 1 amide bonds. The van der Waals surface area contributed by atoms with Crippen molar-refractivity contribution < 1.29 is 27.4 Å². The Morgan fingerprint density at radius 1 is 0.904 bits per heavy atom. The van der Waals surface area contributed by atoms with Crippen LogP contribution < -0.4 is 9.64 Å². The van der Waals surface area contributed by atoms with Crippen molar-refractivity contribution in [3.8, 4) is 34.3 Å². The summed E-state index contributed by atoms with van der Waals surface area (Å²) in [5.74, 6) is 0.428. The molecule has 12 nitrogen and oxygen atoms in total. The van der Waals surface area contributed by atoms with Crippen LogP contribution >= 0.6 is 0 Å². The molecule has 2 fully saturated rings. The molecular weight excluding hydrogens is 681 g/mol. The van der Waals surface area contributed by atoms with Gasteiger partial charge < -0.3 is 24.0 Å². The van der Waals surface area contributed by atoms with E-state index in [2.05, 4.69) is 20.9 Å². The van der Waals surface area contributed by atoms with E-state index >= 15 is 0 Å². The Balaban J connectivity index is 1.22. The highest BCUT2D eigenvalue weighted by Gasteiger charge is 2.29. The average molecular weight is 721 g/mol. The van der Waals surface area contributed by atoms with Crippen molar-refractivity contribution in [2.75, 3.05) is 44.3 Å². The van der Waals surface area contributed by atoms with Crippen molar-refractivity contribution in [3.63, 3.8) is 0 Å². The number of fused-ring (bicyclic) bond motifs is 1. The standard InChI is InChI=1S/C39H40N6O6S/c1-39(2,3)51-38(46)44-17-15-31(16-18-44)50-35-14-11-28(23-29(35)25-40)36-33-24-34(27-9-12-30(13-10-27)43-19-21-49-22-20-43)45(37(33)42-26-41-36)52(47,48)32-7-5-4-6-8-32/h4-14,23-24,26,31H,15-22H2,1-3H3. The number of piperidine rings is 1. The number of ether oxygens (including phenoxy) is 3. The summed E-state index contributed by atoms with van der Waals surface area (Å²) in [7, 11) is -4.09. The maximum Gasteiger partial charge on any atom is 0.410 e. The third-order valence-corrected chi connectivity index (χ3v) is 10.9. The zero-order valence-electron chi connectivity index (χ0n) is 29.4. The lowest BCUT2D eigenvalue weighted by atomic mass is 10.0. The molecule has 0 N–H and O–H groups in total. The fourth-order valence-electron chi connectivity index (χ4n) is 6.56. The van der Waals surface area contributed by atoms with Gasteiger partial charge in [0.1, 0.15) is 29.9 Å². The Kier molecular flexibility index (Phi) is 9.61. The van der Waals surface area contributed by atoms with E-state index in [1.165, 1.54) is 10.3 Å². The minimum Gasteiger partial charge on any atom is -0.489 e. The van der Waals surface area contributed by atoms with Gasteiger partial charge in [-0.05, 0) is 74.9 Å². The average Bonchev–Trinajstić information content (AvgIpc) is 3.56. The number of nitrogens with zero attached hydrogens (tertiary/aromatic N) is 6. The van der Waals surface area contributed by atoms with Crippen LogP contribution in [0.4, 0.5) is 10.5 Å².